The molecule has 2 fully saturated rings. The van der Waals surface area contributed by atoms with E-state index in [4.69, 9.17) is 10.5 Å². The Morgan fingerprint density at radius 1 is 1.19 bits per heavy atom. The Balaban J connectivity index is 2.34. The molecular weight excluding hydrogens is 202 g/mol. The second kappa shape index (κ2) is 3.97. The van der Waals surface area contributed by atoms with Crippen LogP contribution in [-0.2, 0) is 4.74 Å². The number of nitrogens with two attached hydrogens (primary N) is 1. The monoisotopic (exact) mass is 227 g/mol. The van der Waals surface area contributed by atoms with Gasteiger partial charge in [0.25, 0.3) is 0 Å². The van der Waals surface area contributed by atoms with E-state index in [0.29, 0.717) is 13.2 Å². The molecule has 0 amide bonds. The maximum absolute atomic E-state index is 11.2. The Morgan fingerprint density at radius 3 is 2.38 bits per heavy atom. The largest absolute Gasteiger partial charge is 0.389 e. The molecule has 3 heteroatoms. The Morgan fingerprint density at radius 2 is 1.88 bits per heavy atom. The summed E-state index contributed by atoms with van der Waals surface area (Å²) in [4.78, 5) is 0. The van der Waals surface area contributed by atoms with Crippen molar-refractivity contribution in [3.63, 3.8) is 0 Å². The van der Waals surface area contributed by atoms with Crippen LogP contribution in [0.2, 0.25) is 0 Å². The molecule has 2 unspecified atom stereocenters. The van der Waals surface area contributed by atoms with Crippen molar-refractivity contribution < 1.29 is 9.84 Å². The van der Waals surface area contributed by atoms with Gasteiger partial charge >= 0.3 is 0 Å². The topological polar surface area (TPSA) is 55.5 Å². The van der Waals surface area contributed by atoms with Gasteiger partial charge in [-0.3, -0.25) is 0 Å². The lowest BCUT2D eigenvalue weighted by Gasteiger charge is -2.55. The van der Waals surface area contributed by atoms with E-state index >= 15 is 0 Å². The maximum atomic E-state index is 11.2. The Hall–Kier alpha value is -0.120. The number of aliphatic hydroxyl groups is 1. The molecule has 1 aliphatic heterocycles. The highest BCUT2D eigenvalue weighted by molar-refractivity contribution is 5.10. The summed E-state index contributed by atoms with van der Waals surface area (Å²) in [6, 6.07) is 0. The Labute approximate surface area is 98.4 Å². The van der Waals surface area contributed by atoms with E-state index < -0.39 is 5.60 Å². The Bertz CT molecular complexity index is 259. The molecule has 0 aromatic rings. The average Bonchev–Trinajstić information content (AvgIpc) is 2.72. The minimum atomic E-state index is -0.649. The normalized spacial score (nSPS) is 43.5. The molecule has 0 aromatic heterocycles. The third kappa shape index (κ3) is 1.52. The summed E-state index contributed by atoms with van der Waals surface area (Å²) < 4.78 is 5.52. The molecule has 1 heterocycles. The van der Waals surface area contributed by atoms with Crippen LogP contribution in [-0.4, -0.2) is 30.5 Å². The quantitative estimate of drug-likeness (QED) is 0.754. The third-order valence-corrected chi connectivity index (χ3v) is 5.08. The standard InChI is InChI=1S/C13H25NO2/c1-11(2)5-3-4-6-13(11,15)12(9-14)7-8-16-10-12/h15H,3-10,14H2,1-2H3. The van der Waals surface area contributed by atoms with Crippen molar-refractivity contribution in [3.8, 4) is 0 Å². The summed E-state index contributed by atoms with van der Waals surface area (Å²) >= 11 is 0. The van der Waals surface area contributed by atoms with Crippen LogP contribution in [0.4, 0.5) is 0 Å². The van der Waals surface area contributed by atoms with E-state index in [0.717, 1.165) is 32.3 Å². The molecule has 1 saturated carbocycles. The SMILES string of the molecule is CC1(C)CCCCC1(O)C1(CN)CCOC1. The van der Waals surface area contributed by atoms with Crippen molar-refractivity contribution in [2.45, 2.75) is 51.6 Å². The van der Waals surface area contributed by atoms with Gasteiger partial charge in [0, 0.05) is 18.6 Å². The summed E-state index contributed by atoms with van der Waals surface area (Å²) in [5, 5.41) is 11.2. The maximum Gasteiger partial charge on any atom is 0.0789 e. The van der Waals surface area contributed by atoms with Crippen molar-refractivity contribution in [1.29, 1.82) is 0 Å². The van der Waals surface area contributed by atoms with Crippen molar-refractivity contribution in [1.82, 2.24) is 0 Å². The van der Waals surface area contributed by atoms with Crippen LogP contribution in [0, 0.1) is 10.8 Å². The van der Waals surface area contributed by atoms with Crippen molar-refractivity contribution in [2.24, 2.45) is 16.6 Å². The van der Waals surface area contributed by atoms with Crippen LogP contribution in [0.3, 0.4) is 0 Å². The fourth-order valence-corrected chi connectivity index (χ4v) is 3.74. The molecule has 2 rings (SSSR count). The smallest absolute Gasteiger partial charge is 0.0789 e. The lowest BCUT2D eigenvalue weighted by Crippen LogP contribution is -2.62. The van der Waals surface area contributed by atoms with E-state index in [-0.39, 0.29) is 10.8 Å². The molecule has 3 nitrogen and oxygen atoms in total. The molecule has 0 aromatic carbocycles. The zero-order chi connectivity index (χ0) is 11.9. The minimum Gasteiger partial charge on any atom is -0.389 e. The van der Waals surface area contributed by atoms with Gasteiger partial charge < -0.3 is 15.6 Å². The highest BCUT2D eigenvalue weighted by Crippen LogP contribution is 2.55. The van der Waals surface area contributed by atoms with E-state index in [1.807, 2.05) is 0 Å². The van der Waals surface area contributed by atoms with Gasteiger partial charge in [-0.15, -0.1) is 0 Å². The highest BCUT2D eigenvalue weighted by atomic mass is 16.5. The summed E-state index contributed by atoms with van der Waals surface area (Å²) in [7, 11) is 0. The molecule has 1 saturated heterocycles. The molecule has 1 aliphatic carbocycles. The molecule has 0 spiro atoms. The summed E-state index contributed by atoms with van der Waals surface area (Å²) in [6.45, 7) is 6.27. The van der Waals surface area contributed by atoms with Gasteiger partial charge in [0.05, 0.1) is 12.2 Å². The second-order valence-corrected chi connectivity index (χ2v) is 6.24. The van der Waals surface area contributed by atoms with Crippen molar-refractivity contribution >= 4 is 0 Å². The Kier molecular flexibility index (Phi) is 3.06. The predicted octanol–water partition coefficient (Wildman–Crippen LogP) is 1.68. The predicted molar refractivity (Wildman–Crippen MR) is 64.1 cm³/mol. The van der Waals surface area contributed by atoms with E-state index in [1.54, 1.807) is 0 Å². The van der Waals surface area contributed by atoms with Crippen LogP contribution in [0.1, 0.15) is 46.0 Å². The molecule has 2 atom stereocenters. The first kappa shape index (κ1) is 12.3. The molecule has 0 radical (unpaired) electrons. The highest BCUT2D eigenvalue weighted by Gasteiger charge is 2.59. The average molecular weight is 227 g/mol. The number of hydrogen-bond donors (Lipinski definition) is 2. The van der Waals surface area contributed by atoms with E-state index in [9.17, 15) is 5.11 Å². The summed E-state index contributed by atoms with van der Waals surface area (Å²) in [5.41, 5.74) is 5.06. The molecule has 2 aliphatic rings. The number of hydrogen-bond acceptors (Lipinski definition) is 3. The molecule has 94 valence electrons. The van der Waals surface area contributed by atoms with Gasteiger partial charge in [-0.2, -0.15) is 0 Å². The summed E-state index contributed by atoms with van der Waals surface area (Å²) in [5.74, 6) is 0. The van der Waals surface area contributed by atoms with E-state index in [1.165, 1.54) is 6.42 Å². The first-order valence-corrected chi connectivity index (χ1v) is 6.48. The van der Waals surface area contributed by atoms with Crippen LogP contribution in [0.15, 0.2) is 0 Å². The van der Waals surface area contributed by atoms with Crippen LogP contribution >= 0.6 is 0 Å². The first-order valence-electron chi connectivity index (χ1n) is 6.48. The van der Waals surface area contributed by atoms with Crippen molar-refractivity contribution in [3.05, 3.63) is 0 Å². The van der Waals surface area contributed by atoms with Gasteiger partial charge in [0.15, 0.2) is 0 Å². The van der Waals surface area contributed by atoms with Gasteiger partial charge in [0.1, 0.15) is 0 Å². The van der Waals surface area contributed by atoms with Crippen molar-refractivity contribution in [2.75, 3.05) is 19.8 Å². The molecule has 16 heavy (non-hydrogen) atoms. The van der Waals surface area contributed by atoms with Gasteiger partial charge in [-0.05, 0) is 24.7 Å². The fourth-order valence-electron chi connectivity index (χ4n) is 3.74. The second-order valence-electron chi connectivity index (χ2n) is 6.24. The molecule has 3 N–H and O–H groups in total. The zero-order valence-electron chi connectivity index (χ0n) is 10.6. The minimum absolute atomic E-state index is 0.0433. The fraction of sp³-hybridized carbons (Fsp3) is 1.00. The lowest BCUT2D eigenvalue weighted by atomic mass is 9.53. The van der Waals surface area contributed by atoms with Gasteiger partial charge in [0.2, 0.25) is 0 Å². The van der Waals surface area contributed by atoms with Crippen LogP contribution < -0.4 is 5.73 Å². The van der Waals surface area contributed by atoms with E-state index in [2.05, 4.69) is 13.8 Å². The number of rotatable bonds is 2. The van der Waals surface area contributed by atoms with Gasteiger partial charge in [-0.25, -0.2) is 0 Å². The lowest BCUT2D eigenvalue weighted by molar-refractivity contribution is -0.181. The first-order chi connectivity index (χ1) is 7.47. The van der Waals surface area contributed by atoms with Crippen LogP contribution in [0.25, 0.3) is 0 Å². The third-order valence-electron chi connectivity index (χ3n) is 5.08. The number of ether oxygens (including phenoxy) is 1. The molecule has 0 bridgehead atoms. The van der Waals surface area contributed by atoms with Crippen LogP contribution in [0.5, 0.6) is 0 Å². The van der Waals surface area contributed by atoms with Gasteiger partial charge in [-0.1, -0.05) is 26.7 Å². The summed E-state index contributed by atoms with van der Waals surface area (Å²) in [6.07, 6.45) is 5.20. The molecular formula is C13H25NO2. The zero-order valence-corrected chi connectivity index (χ0v) is 10.6.